The van der Waals surface area contributed by atoms with Gasteiger partial charge in [0, 0.05) is 13.1 Å². The molecule has 0 saturated carbocycles. The molecule has 1 aromatic carbocycles. The summed E-state index contributed by atoms with van der Waals surface area (Å²) in [6.07, 6.45) is 3.03. The Balaban J connectivity index is 0.00000288. The first-order valence-corrected chi connectivity index (χ1v) is 9.86. The number of nitrogens with zero attached hydrogens (tertiary/aromatic N) is 1. The fourth-order valence-electron chi connectivity index (χ4n) is 2.82. The van der Waals surface area contributed by atoms with E-state index in [-0.39, 0.29) is 18.3 Å². The molecule has 1 aliphatic heterocycles. The maximum Gasteiger partial charge on any atom is 0.255 e. The summed E-state index contributed by atoms with van der Waals surface area (Å²) >= 11 is 0. The highest BCUT2D eigenvalue weighted by Gasteiger charge is 2.25. The summed E-state index contributed by atoms with van der Waals surface area (Å²) in [6, 6.07) is 6.75. The first-order chi connectivity index (χ1) is 10.9. The number of sulfonamides is 1. The second kappa shape index (κ2) is 9.25. The SMILES string of the molecule is CCNCC1CCN(C(=O)c2ccccc2NS(C)(=O)=O)CC1.Cl. The molecule has 8 heteroatoms. The fraction of sp³-hybridized carbons (Fsp3) is 0.562. The first kappa shape index (κ1) is 20.7. The van der Waals surface area contributed by atoms with Crippen LogP contribution in [0.4, 0.5) is 5.69 Å². The van der Waals surface area contributed by atoms with Crippen LogP contribution in [0.25, 0.3) is 0 Å². The summed E-state index contributed by atoms with van der Waals surface area (Å²) in [5.74, 6) is 0.488. The van der Waals surface area contributed by atoms with E-state index in [0.29, 0.717) is 30.3 Å². The lowest BCUT2D eigenvalue weighted by atomic mass is 9.96. The highest BCUT2D eigenvalue weighted by Crippen LogP contribution is 2.22. The Labute approximate surface area is 150 Å². The van der Waals surface area contributed by atoms with Gasteiger partial charge < -0.3 is 10.2 Å². The molecule has 2 N–H and O–H groups in total. The molecule has 1 aliphatic rings. The lowest BCUT2D eigenvalue weighted by Crippen LogP contribution is -2.41. The molecule has 0 unspecified atom stereocenters. The van der Waals surface area contributed by atoms with Crippen LogP contribution in [0, 0.1) is 5.92 Å². The van der Waals surface area contributed by atoms with Gasteiger partial charge in [-0.1, -0.05) is 19.1 Å². The second-order valence-electron chi connectivity index (χ2n) is 5.96. The number of anilines is 1. The zero-order valence-corrected chi connectivity index (χ0v) is 15.8. The Morgan fingerprint density at radius 1 is 1.25 bits per heavy atom. The average molecular weight is 376 g/mol. The normalized spacial score (nSPS) is 15.7. The summed E-state index contributed by atoms with van der Waals surface area (Å²) in [5, 5.41) is 3.35. The van der Waals surface area contributed by atoms with Crippen LogP contribution in [0.1, 0.15) is 30.1 Å². The standard InChI is InChI=1S/C16H25N3O3S.ClH/c1-3-17-12-13-8-10-19(11-9-13)16(20)14-6-4-5-7-15(14)18-23(2,21)22;/h4-7,13,17-18H,3,8-12H2,1-2H3;1H. The molecule has 1 heterocycles. The van der Waals surface area contributed by atoms with E-state index in [9.17, 15) is 13.2 Å². The molecule has 0 aromatic heterocycles. The Kier molecular flexibility index (Phi) is 7.99. The number of carbonyl (C=O) groups is 1. The number of nitrogens with one attached hydrogen (secondary N) is 2. The molecule has 0 bridgehead atoms. The van der Waals surface area contributed by atoms with E-state index in [1.165, 1.54) is 0 Å². The number of hydrogen-bond donors (Lipinski definition) is 2. The van der Waals surface area contributed by atoms with E-state index in [1.54, 1.807) is 24.3 Å². The van der Waals surface area contributed by atoms with E-state index in [0.717, 1.165) is 32.2 Å². The van der Waals surface area contributed by atoms with Gasteiger partial charge in [0.25, 0.3) is 5.91 Å². The molecule has 1 saturated heterocycles. The molecule has 2 rings (SSSR count). The molecular weight excluding hydrogens is 350 g/mol. The molecule has 136 valence electrons. The van der Waals surface area contributed by atoms with Gasteiger partial charge in [-0.3, -0.25) is 9.52 Å². The minimum Gasteiger partial charge on any atom is -0.339 e. The van der Waals surface area contributed by atoms with E-state index in [1.807, 2.05) is 4.90 Å². The van der Waals surface area contributed by atoms with Crippen molar-refractivity contribution < 1.29 is 13.2 Å². The van der Waals surface area contributed by atoms with E-state index < -0.39 is 10.0 Å². The number of likely N-dealkylation sites (tertiary alicyclic amines) is 1. The van der Waals surface area contributed by atoms with Crippen LogP contribution in [0.3, 0.4) is 0 Å². The second-order valence-corrected chi connectivity index (χ2v) is 7.71. The molecule has 1 amide bonds. The topological polar surface area (TPSA) is 78.5 Å². The van der Waals surface area contributed by atoms with Crippen molar-refractivity contribution >= 4 is 34.0 Å². The zero-order chi connectivity index (χ0) is 16.9. The monoisotopic (exact) mass is 375 g/mol. The molecule has 1 aromatic rings. The Bertz CT molecular complexity index is 644. The van der Waals surface area contributed by atoms with Crippen molar-refractivity contribution in [2.45, 2.75) is 19.8 Å². The van der Waals surface area contributed by atoms with E-state index in [4.69, 9.17) is 0 Å². The number of hydrogen-bond acceptors (Lipinski definition) is 4. The quantitative estimate of drug-likeness (QED) is 0.796. The maximum absolute atomic E-state index is 12.7. The van der Waals surface area contributed by atoms with Crippen molar-refractivity contribution in [3.05, 3.63) is 29.8 Å². The van der Waals surface area contributed by atoms with Crippen molar-refractivity contribution in [1.82, 2.24) is 10.2 Å². The summed E-state index contributed by atoms with van der Waals surface area (Å²) in [5.41, 5.74) is 0.748. The Hall–Kier alpha value is -1.31. The maximum atomic E-state index is 12.7. The average Bonchev–Trinajstić information content (AvgIpc) is 2.52. The van der Waals surface area contributed by atoms with E-state index in [2.05, 4.69) is 17.0 Å². The minimum atomic E-state index is -3.41. The molecule has 24 heavy (non-hydrogen) atoms. The molecule has 0 radical (unpaired) electrons. The van der Waals surface area contributed by atoms with Gasteiger partial charge in [-0.15, -0.1) is 12.4 Å². The molecule has 0 spiro atoms. The van der Waals surface area contributed by atoms with Crippen LogP contribution in [0.2, 0.25) is 0 Å². The summed E-state index contributed by atoms with van der Waals surface area (Å²) in [4.78, 5) is 14.5. The predicted molar refractivity (Wildman–Crippen MR) is 99.3 cm³/mol. The van der Waals surface area contributed by atoms with Crippen LogP contribution in [-0.2, 0) is 10.0 Å². The zero-order valence-electron chi connectivity index (χ0n) is 14.1. The Morgan fingerprint density at radius 2 is 1.88 bits per heavy atom. The summed E-state index contributed by atoms with van der Waals surface area (Å²) in [6.45, 7) is 5.46. The molecular formula is C16H26ClN3O3S. The number of para-hydroxylation sites is 1. The third-order valence-corrected chi connectivity index (χ3v) is 4.63. The molecule has 6 nitrogen and oxygen atoms in total. The first-order valence-electron chi connectivity index (χ1n) is 7.97. The van der Waals surface area contributed by atoms with Crippen LogP contribution < -0.4 is 10.0 Å². The molecule has 0 atom stereocenters. The highest BCUT2D eigenvalue weighted by atomic mass is 35.5. The van der Waals surface area contributed by atoms with Crippen LogP contribution in [-0.4, -0.2) is 51.7 Å². The van der Waals surface area contributed by atoms with Crippen molar-refractivity contribution in [3.63, 3.8) is 0 Å². The third-order valence-electron chi connectivity index (χ3n) is 4.04. The number of piperidine rings is 1. The van der Waals surface area contributed by atoms with Crippen molar-refractivity contribution in [1.29, 1.82) is 0 Å². The van der Waals surface area contributed by atoms with Gasteiger partial charge in [0.15, 0.2) is 0 Å². The van der Waals surface area contributed by atoms with Crippen LogP contribution in [0.5, 0.6) is 0 Å². The number of halogens is 1. The van der Waals surface area contributed by atoms with Gasteiger partial charge in [0.2, 0.25) is 10.0 Å². The van der Waals surface area contributed by atoms with Gasteiger partial charge in [0.05, 0.1) is 17.5 Å². The van der Waals surface area contributed by atoms with E-state index >= 15 is 0 Å². The lowest BCUT2D eigenvalue weighted by Gasteiger charge is -2.32. The fourth-order valence-corrected chi connectivity index (χ4v) is 3.39. The smallest absolute Gasteiger partial charge is 0.255 e. The number of rotatable bonds is 6. The van der Waals surface area contributed by atoms with Crippen molar-refractivity contribution in [2.75, 3.05) is 37.2 Å². The molecule has 0 aliphatic carbocycles. The number of benzene rings is 1. The van der Waals surface area contributed by atoms with Crippen molar-refractivity contribution in [2.24, 2.45) is 5.92 Å². The van der Waals surface area contributed by atoms with Gasteiger partial charge in [0.1, 0.15) is 0 Å². The number of amides is 1. The Morgan fingerprint density at radius 3 is 2.46 bits per heavy atom. The predicted octanol–water partition coefficient (Wildman–Crippen LogP) is 1.94. The molecule has 1 fully saturated rings. The minimum absolute atomic E-state index is 0. The van der Waals surface area contributed by atoms with Gasteiger partial charge in [-0.05, 0) is 44.0 Å². The third kappa shape index (κ3) is 5.96. The number of carbonyl (C=O) groups excluding carboxylic acids is 1. The highest BCUT2D eigenvalue weighted by molar-refractivity contribution is 7.92. The largest absolute Gasteiger partial charge is 0.339 e. The van der Waals surface area contributed by atoms with Crippen molar-refractivity contribution in [3.8, 4) is 0 Å². The van der Waals surface area contributed by atoms with Gasteiger partial charge >= 0.3 is 0 Å². The van der Waals surface area contributed by atoms with Gasteiger partial charge in [-0.25, -0.2) is 8.42 Å². The lowest BCUT2D eigenvalue weighted by molar-refractivity contribution is 0.0691. The van der Waals surface area contributed by atoms with Gasteiger partial charge in [-0.2, -0.15) is 0 Å². The summed E-state index contributed by atoms with van der Waals surface area (Å²) in [7, 11) is -3.41. The van der Waals surface area contributed by atoms with Crippen LogP contribution in [0.15, 0.2) is 24.3 Å². The summed E-state index contributed by atoms with van der Waals surface area (Å²) < 4.78 is 25.3. The van der Waals surface area contributed by atoms with Crippen LogP contribution >= 0.6 is 12.4 Å².